The Morgan fingerprint density at radius 1 is 1.15 bits per heavy atom. The van der Waals surface area contributed by atoms with Crippen LogP contribution < -0.4 is 4.74 Å². The third kappa shape index (κ3) is 4.89. The maximum Gasteiger partial charge on any atom is 0.247 e. The summed E-state index contributed by atoms with van der Waals surface area (Å²) >= 11 is 6.16. The van der Waals surface area contributed by atoms with Crippen LogP contribution in [0.2, 0.25) is 5.02 Å². The Labute approximate surface area is 195 Å². The lowest BCUT2D eigenvalue weighted by Gasteiger charge is -2.08. The number of sulfone groups is 1. The number of nitriles is 1. The molecule has 0 amide bonds. The molecular weight excluding hydrogens is 466 g/mol. The standard InChI is InChI=1S/C22H18ClN5O4S/c1-13-21(14(2)28(27-13)17-7-4-16(11-24)19(23)10-17)31-18-8-5-15(6-9-18)22-26-25-20(32-22)12-33(3,29)30/h4-10H,12H2,1-3H3. The number of nitrogens with zero attached hydrogens (tertiary/aromatic N) is 5. The molecular formula is C22H18ClN5O4S. The van der Waals surface area contributed by atoms with E-state index in [-0.39, 0.29) is 17.5 Å². The third-order valence-electron chi connectivity index (χ3n) is 4.72. The molecule has 0 spiro atoms. The molecule has 2 heterocycles. The number of aryl methyl sites for hydroxylation is 1. The predicted molar refractivity (Wildman–Crippen MR) is 121 cm³/mol. The summed E-state index contributed by atoms with van der Waals surface area (Å²) in [4.78, 5) is 0. The van der Waals surface area contributed by atoms with Crippen molar-refractivity contribution in [2.45, 2.75) is 19.6 Å². The van der Waals surface area contributed by atoms with Crippen LogP contribution in [0.1, 0.15) is 22.8 Å². The second-order valence-electron chi connectivity index (χ2n) is 7.39. The fraction of sp³-hybridized carbons (Fsp3) is 0.182. The van der Waals surface area contributed by atoms with Crippen molar-refractivity contribution in [1.82, 2.24) is 20.0 Å². The van der Waals surface area contributed by atoms with Crippen molar-refractivity contribution in [3.63, 3.8) is 0 Å². The largest absolute Gasteiger partial charge is 0.453 e. The number of aromatic nitrogens is 4. The van der Waals surface area contributed by atoms with E-state index < -0.39 is 9.84 Å². The molecule has 0 aliphatic heterocycles. The molecule has 0 fully saturated rings. The molecule has 0 radical (unpaired) electrons. The molecule has 33 heavy (non-hydrogen) atoms. The van der Waals surface area contributed by atoms with Gasteiger partial charge >= 0.3 is 0 Å². The van der Waals surface area contributed by atoms with Gasteiger partial charge in [-0.05, 0) is 56.3 Å². The molecule has 4 aromatic rings. The van der Waals surface area contributed by atoms with Gasteiger partial charge < -0.3 is 9.15 Å². The highest BCUT2D eigenvalue weighted by Gasteiger charge is 2.17. The highest BCUT2D eigenvalue weighted by Crippen LogP contribution is 2.32. The molecule has 0 bridgehead atoms. The molecule has 168 valence electrons. The van der Waals surface area contributed by atoms with Gasteiger partial charge in [0.2, 0.25) is 11.8 Å². The molecule has 0 unspecified atom stereocenters. The molecule has 4 rings (SSSR count). The fourth-order valence-corrected chi connectivity index (χ4v) is 3.97. The van der Waals surface area contributed by atoms with E-state index in [1.165, 1.54) is 0 Å². The van der Waals surface area contributed by atoms with Crippen molar-refractivity contribution in [3.8, 4) is 34.7 Å². The molecule has 0 saturated carbocycles. The summed E-state index contributed by atoms with van der Waals surface area (Å²) in [5.41, 5.74) is 3.18. The number of hydrogen-bond donors (Lipinski definition) is 0. The van der Waals surface area contributed by atoms with Gasteiger partial charge in [0.15, 0.2) is 15.6 Å². The summed E-state index contributed by atoms with van der Waals surface area (Å²) in [6, 6.07) is 14.1. The number of ether oxygens (including phenoxy) is 1. The Morgan fingerprint density at radius 2 is 1.88 bits per heavy atom. The van der Waals surface area contributed by atoms with Crippen LogP contribution in [0.15, 0.2) is 46.9 Å². The Balaban J connectivity index is 1.56. The van der Waals surface area contributed by atoms with Crippen LogP contribution in [0.5, 0.6) is 11.5 Å². The van der Waals surface area contributed by atoms with E-state index in [9.17, 15) is 8.42 Å². The second-order valence-corrected chi connectivity index (χ2v) is 9.93. The van der Waals surface area contributed by atoms with Crippen molar-refractivity contribution >= 4 is 21.4 Å². The number of hydrogen-bond acceptors (Lipinski definition) is 8. The smallest absolute Gasteiger partial charge is 0.247 e. The zero-order chi connectivity index (χ0) is 23.8. The molecule has 0 aliphatic rings. The third-order valence-corrected chi connectivity index (χ3v) is 5.80. The topological polar surface area (TPSA) is 124 Å². The summed E-state index contributed by atoms with van der Waals surface area (Å²) in [6.07, 6.45) is 1.10. The summed E-state index contributed by atoms with van der Waals surface area (Å²) in [5, 5.41) is 21.6. The van der Waals surface area contributed by atoms with Gasteiger partial charge in [-0.3, -0.25) is 0 Å². The normalized spacial score (nSPS) is 11.4. The molecule has 0 saturated heterocycles. The SMILES string of the molecule is Cc1nn(-c2ccc(C#N)c(Cl)c2)c(C)c1Oc1ccc(-c2nnc(CS(C)(=O)=O)o2)cc1. The number of rotatable bonds is 6. The van der Waals surface area contributed by atoms with E-state index >= 15 is 0 Å². The lowest BCUT2D eigenvalue weighted by molar-refractivity contribution is 0.474. The average Bonchev–Trinajstić information content (AvgIpc) is 3.32. The van der Waals surface area contributed by atoms with Gasteiger partial charge in [-0.25, -0.2) is 13.1 Å². The molecule has 0 aliphatic carbocycles. The van der Waals surface area contributed by atoms with Gasteiger partial charge in [0, 0.05) is 11.8 Å². The van der Waals surface area contributed by atoms with E-state index in [1.807, 2.05) is 19.9 Å². The molecule has 0 atom stereocenters. The van der Waals surface area contributed by atoms with Crippen molar-refractivity contribution < 1.29 is 17.6 Å². The van der Waals surface area contributed by atoms with E-state index in [1.54, 1.807) is 47.1 Å². The molecule has 2 aromatic carbocycles. The second kappa shape index (κ2) is 8.69. The predicted octanol–water partition coefficient (Wildman–Crippen LogP) is 4.40. The van der Waals surface area contributed by atoms with Gasteiger partial charge in [-0.2, -0.15) is 10.4 Å². The number of benzene rings is 2. The quantitative estimate of drug-likeness (QED) is 0.395. The first kappa shape index (κ1) is 22.5. The zero-order valence-corrected chi connectivity index (χ0v) is 19.5. The molecule has 9 nitrogen and oxygen atoms in total. The van der Waals surface area contributed by atoms with Gasteiger partial charge in [0.05, 0.1) is 22.0 Å². The van der Waals surface area contributed by atoms with Crippen molar-refractivity contribution in [3.05, 3.63) is 70.3 Å². The number of halogens is 1. The molecule has 11 heteroatoms. The van der Waals surface area contributed by atoms with E-state index in [4.69, 9.17) is 26.0 Å². The zero-order valence-electron chi connectivity index (χ0n) is 17.9. The summed E-state index contributed by atoms with van der Waals surface area (Å²) in [7, 11) is -3.27. The summed E-state index contributed by atoms with van der Waals surface area (Å²) in [5.74, 6) is 1.11. The lowest BCUT2D eigenvalue weighted by atomic mass is 10.2. The van der Waals surface area contributed by atoms with Crippen LogP contribution in [-0.4, -0.2) is 34.7 Å². The minimum absolute atomic E-state index is 0.0365. The summed E-state index contributed by atoms with van der Waals surface area (Å²) < 4.78 is 36.0. The van der Waals surface area contributed by atoms with Gasteiger partial charge in [-0.1, -0.05) is 11.6 Å². The van der Waals surface area contributed by atoms with Gasteiger partial charge in [-0.15, -0.1) is 10.2 Å². The van der Waals surface area contributed by atoms with Crippen LogP contribution >= 0.6 is 11.6 Å². The minimum Gasteiger partial charge on any atom is -0.453 e. The van der Waals surface area contributed by atoms with Crippen LogP contribution in [0.25, 0.3) is 17.1 Å². The Morgan fingerprint density at radius 3 is 2.52 bits per heavy atom. The lowest BCUT2D eigenvalue weighted by Crippen LogP contribution is -2.00. The maximum atomic E-state index is 11.4. The van der Waals surface area contributed by atoms with E-state index in [0.717, 1.165) is 11.9 Å². The average molecular weight is 484 g/mol. The van der Waals surface area contributed by atoms with E-state index in [2.05, 4.69) is 15.3 Å². The molecule has 2 aromatic heterocycles. The fourth-order valence-electron chi connectivity index (χ4n) is 3.19. The first-order valence-electron chi connectivity index (χ1n) is 9.69. The van der Waals surface area contributed by atoms with Crippen molar-refractivity contribution in [2.24, 2.45) is 0 Å². The van der Waals surface area contributed by atoms with Crippen molar-refractivity contribution in [2.75, 3.05) is 6.26 Å². The highest BCUT2D eigenvalue weighted by atomic mass is 35.5. The first-order chi connectivity index (χ1) is 15.6. The van der Waals surface area contributed by atoms with E-state index in [0.29, 0.717) is 39.0 Å². The van der Waals surface area contributed by atoms with Crippen LogP contribution in [0.4, 0.5) is 0 Å². The summed E-state index contributed by atoms with van der Waals surface area (Å²) in [6.45, 7) is 3.71. The van der Waals surface area contributed by atoms with Gasteiger partial charge in [0.1, 0.15) is 23.3 Å². The van der Waals surface area contributed by atoms with Crippen molar-refractivity contribution in [1.29, 1.82) is 5.26 Å². The van der Waals surface area contributed by atoms with Crippen LogP contribution in [0, 0.1) is 25.2 Å². The highest BCUT2D eigenvalue weighted by molar-refractivity contribution is 7.89. The van der Waals surface area contributed by atoms with Gasteiger partial charge in [0.25, 0.3) is 0 Å². The Kier molecular flexibility index (Phi) is 5.93. The monoisotopic (exact) mass is 483 g/mol. The molecule has 0 N–H and O–H groups in total. The minimum atomic E-state index is -3.27. The van der Waals surface area contributed by atoms with Crippen LogP contribution in [-0.2, 0) is 15.6 Å². The Hall–Kier alpha value is -3.68. The maximum absolute atomic E-state index is 11.4. The van der Waals surface area contributed by atoms with Crippen LogP contribution in [0.3, 0.4) is 0 Å². The Bertz CT molecular complexity index is 1480. The first-order valence-corrected chi connectivity index (χ1v) is 12.1.